The Morgan fingerprint density at radius 3 is 2.96 bits per heavy atom. The monoisotopic (exact) mass is 312 g/mol. The quantitative estimate of drug-likeness (QED) is 0.921. The molecule has 1 aromatic heterocycles. The average Bonchev–Trinajstić information content (AvgIpc) is 3.01. The molecule has 1 saturated carbocycles. The minimum Gasteiger partial charge on any atom is -0.488 e. The van der Waals surface area contributed by atoms with Crippen LogP contribution in [-0.4, -0.2) is 17.1 Å². The van der Waals surface area contributed by atoms with Crippen LogP contribution in [0.1, 0.15) is 48.7 Å². The zero-order chi connectivity index (χ0) is 15.8. The Hall–Kier alpha value is -2.30. The van der Waals surface area contributed by atoms with Gasteiger partial charge in [-0.2, -0.15) is 0 Å². The van der Waals surface area contributed by atoms with E-state index in [9.17, 15) is 4.79 Å². The van der Waals surface area contributed by atoms with E-state index >= 15 is 0 Å². The Morgan fingerprint density at radius 1 is 1.26 bits per heavy atom. The van der Waals surface area contributed by atoms with E-state index in [1.807, 2.05) is 24.3 Å². The van der Waals surface area contributed by atoms with Crippen molar-refractivity contribution in [3.63, 3.8) is 0 Å². The number of ether oxygens (including phenoxy) is 1. The van der Waals surface area contributed by atoms with Gasteiger partial charge >= 0.3 is 0 Å². The van der Waals surface area contributed by atoms with Crippen LogP contribution in [0.4, 0.5) is 0 Å². The molecule has 5 nitrogen and oxygen atoms in total. The van der Waals surface area contributed by atoms with Crippen molar-refractivity contribution >= 4 is 5.91 Å². The summed E-state index contributed by atoms with van der Waals surface area (Å²) in [7, 11) is 0. The average molecular weight is 312 g/mol. The van der Waals surface area contributed by atoms with Gasteiger partial charge in [0, 0.05) is 6.04 Å². The molecule has 4 rings (SSSR count). The van der Waals surface area contributed by atoms with Crippen molar-refractivity contribution in [3.05, 3.63) is 35.5 Å². The Kier molecular flexibility index (Phi) is 3.56. The van der Waals surface area contributed by atoms with Crippen molar-refractivity contribution in [2.24, 2.45) is 5.92 Å². The summed E-state index contributed by atoms with van der Waals surface area (Å²) in [6.45, 7) is 2.51. The number of hydrogen-bond acceptors (Lipinski definition) is 4. The SMILES string of the molecule is C[C@H]1CCCC[C@@H]1NC(=O)c1noc2c1COc1ccccc1-2. The minimum absolute atomic E-state index is 0.156. The maximum Gasteiger partial charge on any atom is 0.274 e. The molecule has 0 bridgehead atoms. The molecule has 5 heteroatoms. The third-order valence-electron chi connectivity index (χ3n) is 4.93. The van der Waals surface area contributed by atoms with E-state index in [0.717, 1.165) is 23.3 Å². The number of fused-ring (bicyclic) bond motifs is 3. The molecule has 0 radical (unpaired) electrons. The van der Waals surface area contributed by atoms with Gasteiger partial charge in [-0.3, -0.25) is 4.79 Å². The smallest absolute Gasteiger partial charge is 0.274 e. The Balaban J connectivity index is 1.59. The van der Waals surface area contributed by atoms with Crippen molar-refractivity contribution in [3.8, 4) is 17.1 Å². The van der Waals surface area contributed by atoms with Crippen LogP contribution >= 0.6 is 0 Å². The van der Waals surface area contributed by atoms with Gasteiger partial charge in [-0.15, -0.1) is 0 Å². The molecule has 1 fully saturated rings. The Morgan fingerprint density at radius 2 is 2.09 bits per heavy atom. The zero-order valence-corrected chi connectivity index (χ0v) is 13.2. The lowest BCUT2D eigenvalue weighted by atomic mass is 9.86. The van der Waals surface area contributed by atoms with Crippen LogP contribution in [0.5, 0.6) is 5.75 Å². The van der Waals surface area contributed by atoms with E-state index in [-0.39, 0.29) is 11.9 Å². The number of amides is 1. The second-order valence-electron chi connectivity index (χ2n) is 6.47. The van der Waals surface area contributed by atoms with Crippen LogP contribution in [0.25, 0.3) is 11.3 Å². The predicted octanol–water partition coefficient (Wildman–Crippen LogP) is 3.54. The molecule has 23 heavy (non-hydrogen) atoms. The van der Waals surface area contributed by atoms with E-state index < -0.39 is 0 Å². The second-order valence-corrected chi connectivity index (χ2v) is 6.47. The standard InChI is InChI=1S/C18H20N2O3/c1-11-6-2-4-8-14(11)19-18(21)16-13-10-22-15-9-5-3-7-12(15)17(13)23-20-16/h3,5,7,9,11,14H,2,4,6,8,10H2,1H3,(H,19,21)/t11-,14-/m0/s1. The molecule has 1 aliphatic heterocycles. The van der Waals surface area contributed by atoms with Crippen molar-refractivity contribution in [2.75, 3.05) is 0 Å². The summed E-state index contributed by atoms with van der Waals surface area (Å²) >= 11 is 0. The molecular weight excluding hydrogens is 292 g/mol. The first kappa shape index (κ1) is 14.3. The number of aromatic nitrogens is 1. The topological polar surface area (TPSA) is 64.4 Å². The summed E-state index contributed by atoms with van der Waals surface area (Å²) in [6, 6.07) is 7.87. The summed E-state index contributed by atoms with van der Waals surface area (Å²) in [5.41, 5.74) is 1.95. The van der Waals surface area contributed by atoms with Gasteiger partial charge in [0.2, 0.25) is 0 Å². The molecule has 1 aromatic carbocycles. The van der Waals surface area contributed by atoms with Gasteiger partial charge in [-0.1, -0.05) is 37.1 Å². The predicted molar refractivity (Wildman–Crippen MR) is 85.2 cm³/mol. The number of hydrogen-bond donors (Lipinski definition) is 1. The normalized spacial score (nSPS) is 22.7. The second kappa shape index (κ2) is 5.72. The molecule has 2 atom stereocenters. The number of nitrogens with zero attached hydrogens (tertiary/aromatic N) is 1. The summed E-state index contributed by atoms with van der Waals surface area (Å²) < 4.78 is 11.2. The first-order chi connectivity index (χ1) is 11.2. The van der Waals surface area contributed by atoms with Crippen molar-refractivity contribution in [1.29, 1.82) is 0 Å². The Labute approximate surface area is 135 Å². The van der Waals surface area contributed by atoms with E-state index in [0.29, 0.717) is 24.0 Å². The lowest BCUT2D eigenvalue weighted by Gasteiger charge is -2.29. The van der Waals surface area contributed by atoms with Gasteiger partial charge in [0.25, 0.3) is 5.91 Å². The van der Waals surface area contributed by atoms with Crippen molar-refractivity contribution in [2.45, 2.75) is 45.3 Å². The van der Waals surface area contributed by atoms with E-state index in [4.69, 9.17) is 9.26 Å². The lowest BCUT2D eigenvalue weighted by Crippen LogP contribution is -2.41. The summed E-state index contributed by atoms with van der Waals surface area (Å²) in [6.07, 6.45) is 4.62. The van der Waals surface area contributed by atoms with Gasteiger partial charge in [0.15, 0.2) is 11.5 Å². The number of para-hydroxylation sites is 1. The number of carbonyl (C=O) groups excluding carboxylic acids is 1. The van der Waals surface area contributed by atoms with Crippen LogP contribution < -0.4 is 10.1 Å². The van der Waals surface area contributed by atoms with E-state index in [1.54, 1.807) is 0 Å². The van der Waals surface area contributed by atoms with E-state index in [2.05, 4.69) is 17.4 Å². The molecule has 1 aliphatic carbocycles. The van der Waals surface area contributed by atoms with Gasteiger partial charge in [0.1, 0.15) is 12.4 Å². The molecular formula is C18H20N2O3. The number of rotatable bonds is 2. The number of carbonyl (C=O) groups is 1. The summed E-state index contributed by atoms with van der Waals surface area (Å²) in [5.74, 6) is 1.77. The third kappa shape index (κ3) is 2.50. The maximum atomic E-state index is 12.6. The minimum atomic E-state index is -0.156. The largest absolute Gasteiger partial charge is 0.488 e. The fourth-order valence-electron chi connectivity index (χ4n) is 3.53. The van der Waals surface area contributed by atoms with Gasteiger partial charge in [0.05, 0.1) is 11.1 Å². The molecule has 2 aliphatic rings. The van der Waals surface area contributed by atoms with Crippen molar-refractivity contribution < 1.29 is 14.1 Å². The first-order valence-electron chi connectivity index (χ1n) is 8.25. The first-order valence-corrected chi connectivity index (χ1v) is 8.25. The highest BCUT2D eigenvalue weighted by Gasteiger charge is 2.30. The van der Waals surface area contributed by atoms with Gasteiger partial charge < -0.3 is 14.6 Å². The maximum absolute atomic E-state index is 12.6. The van der Waals surface area contributed by atoms with Crippen LogP contribution in [0.3, 0.4) is 0 Å². The molecule has 2 heterocycles. The molecule has 2 aromatic rings. The zero-order valence-electron chi connectivity index (χ0n) is 13.2. The molecule has 1 N–H and O–H groups in total. The van der Waals surface area contributed by atoms with Crippen LogP contribution in [-0.2, 0) is 6.61 Å². The van der Waals surface area contributed by atoms with Gasteiger partial charge in [-0.25, -0.2) is 0 Å². The number of nitrogens with one attached hydrogen (secondary N) is 1. The van der Waals surface area contributed by atoms with Crippen LogP contribution in [0, 0.1) is 5.92 Å². The highest BCUT2D eigenvalue weighted by atomic mass is 16.5. The fraction of sp³-hybridized carbons (Fsp3) is 0.444. The van der Waals surface area contributed by atoms with Gasteiger partial charge in [-0.05, 0) is 30.9 Å². The Bertz CT molecular complexity index is 738. The highest BCUT2D eigenvalue weighted by Crippen LogP contribution is 2.38. The molecule has 0 spiro atoms. The lowest BCUT2D eigenvalue weighted by molar-refractivity contribution is 0.0899. The molecule has 0 saturated heterocycles. The van der Waals surface area contributed by atoms with Crippen LogP contribution in [0.2, 0.25) is 0 Å². The van der Waals surface area contributed by atoms with Crippen LogP contribution in [0.15, 0.2) is 28.8 Å². The fourth-order valence-corrected chi connectivity index (χ4v) is 3.53. The highest BCUT2D eigenvalue weighted by molar-refractivity contribution is 5.95. The van der Waals surface area contributed by atoms with Crippen molar-refractivity contribution in [1.82, 2.24) is 10.5 Å². The summed E-state index contributed by atoms with van der Waals surface area (Å²) in [4.78, 5) is 12.6. The summed E-state index contributed by atoms with van der Waals surface area (Å²) in [5, 5.41) is 7.15. The third-order valence-corrected chi connectivity index (χ3v) is 4.93. The molecule has 0 unspecified atom stereocenters. The molecule has 120 valence electrons. The number of benzene rings is 1. The van der Waals surface area contributed by atoms with E-state index in [1.165, 1.54) is 19.3 Å². The molecule has 1 amide bonds.